The first-order valence-corrected chi connectivity index (χ1v) is 11.0. The van der Waals surface area contributed by atoms with Crippen molar-refractivity contribution in [1.29, 1.82) is 0 Å². The number of benzene rings is 2. The SMILES string of the molecule is O=C(O)[C@H](Cc1cc(I)c(Oc2cc(I)c(O)c(I)c2)c(I)c1)NO. The van der Waals surface area contributed by atoms with Gasteiger partial charge in [-0.2, -0.15) is 5.48 Å². The number of aromatic hydroxyl groups is 1. The smallest absolute Gasteiger partial charge is 0.323 e. The van der Waals surface area contributed by atoms with Gasteiger partial charge in [0.15, 0.2) is 5.75 Å². The number of phenolic OH excluding ortho intramolecular Hbond substituents is 1. The average molecular weight is 793 g/mol. The Labute approximate surface area is 198 Å². The van der Waals surface area contributed by atoms with E-state index in [0.29, 0.717) is 18.6 Å². The Kier molecular flexibility index (Phi) is 8.24. The third kappa shape index (κ3) is 5.66. The van der Waals surface area contributed by atoms with Crippen LogP contribution in [0, 0.1) is 14.3 Å². The van der Waals surface area contributed by atoms with Gasteiger partial charge in [0.1, 0.15) is 17.5 Å². The summed E-state index contributed by atoms with van der Waals surface area (Å²) in [5.41, 5.74) is 2.57. The van der Waals surface area contributed by atoms with Crippen molar-refractivity contribution >= 4 is 96.3 Å². The second-order valence-electron chi connectivity index (χ2n) is 4.95. The van der Waals surface area contributed by atoms with Gasteiger partial charge in [-0.3, -0.25) is 4.79 Å². The van der Waals surface area contributed by atoms with Crippen LogP contribution in [0.25, 0.3) is 0 Å². The van der Waals surface area contributed by atoms with Crippen molar-refractivity contribution in [2.45, 2.75) is 12.5 Å². The minimum absolute atomic E-state index is 0.146. The highest BCUT2D eigenvalue weighted by Gasteiger charge is 2.19. The lowest BCUT2D eigenvalue weighted by Crippen LogP contribution is -2.36. The van der Waals surface area contributed by atoms with Crippen molar-refractivity contribution in [2.75, 3.05) is 0 Å². The van der Waals surface area contributed by atoms with E-state index in [1.54, 1.807) is 17.6 Å². The molecule has 0 aliphatic rings. The molecule has 0 bridgehead atoms. The number of ether oxygens (including phenoxy) is 1. The van der Waals surface area contributed by atoms with Crippen LogP contribution in [0.4, 0.5) is 0 Å². The molecule has 2 rings (SSSR count). The number of halogens is 4. The number of hydroxylamine groups is 1. The molecular weight excluding hydrogens is 782 g/mol. The van der Waals surface area contributed by atoms with Crippen LogP contribution < -0.4 is 10.2 Å². The number of carboxylic acids is 1. The molecule has 0 aliphatic carbocycles. The van der Waals surface area contributed by atoms with E-state index in [2.05, 4.69) is 45.2 Å². The van der Waals surface area contributed by atoms with Gasteiger partial charge in [-0.15, -0.1) is 0 Å². The van der Waals surface area contributed by atoms with Crippen molar-refractivity contribution in [3.63, 3.8) is 0 Å². The van der Waals surface area contributed by atoms with Gasteiger partial charge in [-0.1, -0.05) is 0 Å². The van der Waals surface area contributed by atoms with E-state index in [0.717, 1.165) is 12.7 Å². The summed E-state index contributed by atoms with van der Waals surface area (Å²) in [5.74, 6) is 0.368. The number of phenols is 1. The topological polar surface area (TPSA) is 99.0 Å². The third-order valence-corrected chi connectivity index (χ3v) is 6.41. The molecule has 0 saturated heterocycles. The maximum Gasteiger partial charge on any atom is 0.323 e. The number of carboxylic acid groups (broad SMARTS) is 1. The second-order valence-corrected chi connectivity index (χ2v) is 9.60. The predicted octanol–water partition coefficient (Wildman–Crippen LogP) is 4.58. The Balaban J connectivity index is 2.30. The minimum Gasteiger partial charge on any atom is -0.506 e. The summed E-state index contributed by atoms with van der Waals surface area (Å²) < 4.78 is 9.00. The van der Waals surface area contributed by atoms with Gasteiger partial charge < -0.3 is 20.2 Å². The Morgan fingerprint density at radius 1 is 1.04 bits per heavy atom. The molecule has 0 heterocycles. The molecule has 0 saturated carbocycles. The van der Waals surface area contributed by atoms with Crippen molar-refractivity contribution in [1.82, 2.24) is 5.48 Å². The molecule has 0 radical (unpaired) electrons. The summed E-state index contributed by atoms with van der Waals surface area (Å²) >= 11 is 8.33. The molecule has 6 nitrogen and oxygen atoms in total. The van der Waals surface area contributed by atoms with Crippen LogP contribution in [-0.2, 0) is 11.2 Å². The van der Waals surface area contributed by atoms with Gasteiger partial charge >= 0.3 is 5.97 Å². The second kappa shape index (κ2) is 9.52. The molecular formula is C15H11I4NO5. The molecule has 0 unspecified atom stereocenters. The van der Waals surface area contributed by atoms with Crippen LogP contribution in [0.1, 0.15) is 5.56 Å². The standard InChI is InChI=1S/C15H11I4NO5/c16-8-4-7(5-9(17)13(8)21)25-14-10(18)1-6(2-11(14)19)3-12(20-24)15(22)23/h1-2,4-5,12,20-21,24H,3H2,(H,22,23)/t12-/m0/s1. The van der Waals surface area contributed by atoms with E-state index in [1.165, 1.54) is 0 Å². The lowest BCUT2D eigenvalue weighted by atomic mass is 10.1. The Morgan fingerprint density at radius 2 is 1.56 bits per heavy atom. The van der Waals surface area contributed by atoms with Gasteiger partial charge in [0.25, 0.3) is 0 Å². The zero-order chi connectivity index (χ0) is 18.7. The molecule has 0 fully saturated rings. The van der Waals surface area contributed by atoms with Crippen molar-refractivity contribution in [2.24, 2.45) is 0 Å². The normalized spacial score (nSPS) is 12.0. The van der Waals surface area contributed by atoms with E-state index in [1.807, 2.05) is 57.3 Å². The third-order valence-electron chi connectivity index (χ3n) is 3.16. The highest BCUT2D eigenvalue weighted by Crippen LogP contribution is 2.36. The zero-order valence-electron chi connectivity index (χ0n) is 12.3. The molecule has 2 aromatic rings. The first-order valence-electron chi connectivity index (χ1n) is 6.69. The maximum absolute atomic E-state index is 11.0. The highest BCUT2D eigenvalue weighted by molar-refractivity contribution is 14.1. The van der Waals surface area contributed by atoms with E-state index in [9.17, 15) is 9.90 Å². The van der Waals surface area contributed by atoms with E-state index in [-0.39, 0.29) is 12.2 Å². The van der Waals surface area contributed by atoms with E-state index < -0.39 is 12.0 Å². The van der Waals surface area contributed by atoms with E-state index in [4.69, 9.17) is 15.1 Å². The van der Waals surface area contributed by atoms with Gasteiger partial charge in [0.05, 0.1) is 14.3 Å². The van der Waals surface area contributed by atoms with Crippen molar-refractivity contribution < 1.29 is 25.0 Å². The minimum atomic E-state index is -1.12. The van der Waals surface area contributed by atoms with Gasteiger partial charge in [-0.05, 0) is 120 Å². The number of hydrogen-bond acceptors (Lipinski definition) is 5. The lowest BCUT2D eigenvalue weighted by Gasteiger charge is -2.15. The number of rotatable bonds is 6. The Bertz CT molecular complexity index is 768. The molecule has 0 aliphatic heterocycles. The van der Waals surface area contributed by atoms with E-state index >= 15 is 0 Å². The first kappa shape index (κ1) is 21.6. The average Bonchev–Trinajstić information content (AvgIpc) is 2.53. The van der Waals surface area contributed by atoms with Crippen LogP contribution >= 0.6 is 90.4 Å². The molecule has 1 atom stereocenters. The summed E-state index contributed by atoms with van der Waals surface area (Å²) in [6.45, 7) is 0. The molecule has 0 spiro atoms. The summed E-state index contributed by atoms with van der Waals surface area (Å²) in [6, 6.07) is 6.06. The van der Waals surface area contributed by atoms with Crippen molar-refractivity contribution in [3.8, 4) is 17.2 Å². The molecule has 4 N–H and O–H groups in total. The number of hydrogen-bond donors (Lipinski definition) is 4. The molecule has 0 aromatic heterocycles. The van der Waals surface area contributed by atoms with Crippen LogP contribution in [-0.4, -0.2) is 27.4 Å². The monoisotopic (exact) mass is 793 g/mol. The fourth-order valence-electron chi connectivity index (χ4n) is 1.97. The van der Waals surface area contributed by atoms with Gasteiger partial charge in [-0.25, -0.2) is 0 Å². The fraction of sp³-hybridized carbons (Fsp3) is 0.133. The summed E-state index contributed by atoms with van der Waals surface area (Å²) in [6.07, 6.45) is 0.146. The lowest BCUT2D eigenvalue weighted by molar-refractivity contribution is -0.142. The summed E-state index contributed by atoms with van der Waals surface area (Å²) in [5, 5.41) is 27.8. The van der Waals surface area contributed by atoms with Crippen LogP contribution in [0.5, 0.6) is 17.2 Å². The Morgan fingerprint density at radius 3 is 2.00 bits per heavy atom. The summed E-state index contributed by atoms with van der Waals surface area (Å²) in [4.78, 5) is 11.0. The van der Waals surface area contributed by atoms with Gasteiger partial charge in [0.2, 0.25) is 0 Å². The molecule has 134 valence electrons. The fourth-order valence-corrected chi connectivity index (χ4v) is 5.80. The molecule has 25 heavy (non-hydrogen) atoms. The number of aliphatic carboxylic acids is 1. The van der Waals surface area contributed by atoms with Crippen LogP contribution in [0.15, 0.2) is 24.3 Å². The van der Waals surface area contributed by atoms with Crippen molar-refractivity contribution in [3.05, 3.63) is 44.1 Å². The molecule has 0 amide bonds. The largest absolute Gasteiger partial charge is 0.506 e. The Hall–Kier alpha value is 0.350. The maximum atomic E-state index is 11.0. The zero-order valence-corrected chi connectivity index (χ0v) is 20.9. The molecule has 2 aromatic carbocycles. The van der Waals surface area contributed by atoms with Crippen LogP contribution in [0.3, 0.4) is 0 Å². The molecule has 10 heteroatoms. The number of nitrogens with one attached hydrogen (secondary N) is 1. The number of carbonyl (C=O) groups is 1. The first-order chi connectivity index (χ1) is 11.7. The quantitative estimate of drug-likeness (QED) is 0.253. The summed E-state index contributed by atoms with van der Waals surface area (Å²) in [7, 11) is 0. The van der Waals surface area contributed by atoms with Crippen LogP contribution in [0.2, 0.25) is 0 Å². The predicted molar refractivity (Wildman–Crippen MR) is 126 cm³/mol. The highest BCUT2D eigenvalue weighted by atomic mass is 127. The van der Waals surface area contributed by atoms with Gasteiger partial charge in [0, 0.05) is 6.42 Å².